The summed E-state index contributed by atoms with van der Waals surface area (Å²) in [5.74, 6) is -1.17. The van der Waals surface area contributed by atoms with Crippen molar-refractivity contribution in [3.05, 3.63) is 35.9 Å². The quantitative estimate of drug-likeness (QED) is 0.839. The van der Waals surface area contributed by atoms with Crippen LogP contribution in [0.5, 0.6) is 0 Å². The van der Waals surface area contributed by atoms with Gasteiger partial charge in [0.2, 0.25) is 5.12 Å². The Labute approximate surface area is 123 Å². The third-order valence-corrected chi connectivity index (χ3v) is 3.75. The zero-order chi connectivity index (χ0) is 13.5. The minimum Gasteiger partial charge on any atom is -0.481 e. The normalized spacial score (nSPS) is 13.2. The van der Waals surface area contributed by atoms with Gasteiger partial charge in [0, 0.05) is 5.75 Å². The van der Waals surface area contributed by atoms with Gasteiger partial charge in [0.1, 0.15) is 0 Å². The number of hydrogen-bond acceptors (Lipinski definition) is 4. The zero-order valence-corrected chi connectivity index (χ0v) is 12.2. The molecule has 2 unspecified atom stereocenters. The van der Waals surface area contributed by atoms with Crippen LogP contribution in [0, 0.1) is 5.92 Å². The van der Waals surface area contributed by atoms with Gasteiger partial charge in [0.15, 0.2) is 0 Å². The Morgan fingerprint density at radius 2 is 1.89 bits per heavy atom. The number of benzene rings is 1. The van der Waals surface area contributed by atoms with Gasteiger partial charge in [-0.15, -0.1) is 12.4 Å². The Morgan fingerprint density at radius 1 is 1.32 bits per heavy atom. The molecule has 0 aliphatic carbocycles. The second-order valence-electron chi connectivity index (χ2n) is 4.17. The first kappa shape index (κ1) is 18.0. The molecule has 0 aliphatic heterocycles. The second kappa shape index (κ2) is 8.96. The molecule has 0 aromatic heterocycles. The smallest absolute Gasteiger partial charge is 0.307 e. The number of hydrogen-bond donors (Lipinski definition) is 2. The fraction of sp³-hybridized carbons (Fsp3) is 0.385. The molecule has 0 fully saturated rings. The number of carbonyl (C=O) groups excluding carboxylic acids is 1. The van der Waals surface area contributed by atoms with Crippen molar-refractivity contribution in [2.45, 2.75) is 19.4 Å². The van der Waals surface area contributed by atoms with Crippen molar-refractivity contribution in [1.29, 1.82) is 0 Å². The average Bonchev–Trinajstić information content (AvgIpc) is 2.36. The number of carboxylic acids is 1. The van der Waals surface area contributed by atoms with E-state index in [2.05, 4.69) is 0 Å². The summed E-state index contributed by atoms with van der Waals surface area (Å²) in [5, 5.41) is 8.55. The van der Waals surface area contributed by atoms with Crippen molar-refractivity contribution in [3.63, 3.8) is 0 Å². The molecule has 1 aromatic carbocycles. The lowest BCUT2D eigenvalue weighted by Gasteiger charge is -2.11. The maximum absolute atomic E-state index is 11.7. The summed E-state index contributed by atoms with van der Waals surface area (Å²) in [6, 6.07) is 8.94. The summed E-state index contributed by atoms with van der Waals surface area (Å²) in [5.41, 5.74) is 6.80. The minimum absolute atomic E-state index is 0. The minimum atomic E-state index is -0.896. The van der Waals surface area contributed by atoms with Crippen LogP contribution in [0.3, 0.4) is 0 Å². The van der Waals surface area contributed by atoms with E-state index in [0.29, 0.717) is 6.42 Å². The molecule has 0 bridgehead atoms. The lowest BCUT2D eigenvalue weighted by Crippen LogP contribution is -2.31. The average molecular weight is 304 g/mol. The predicted molar refractivity (Wildman–Crippen MR) is 79.6 cm³/mol. The van der Waals surface area contributed by atoms with Crippen molar-refractivity contribution in [2.75, 3.05) is 5.75 Å². The highest BCUT2D eigenvalue weighted by Crippen LogP contribution is 2.13. The lowest BCUT2D eigenvalue weighted by molar-refractivity contribution is -0.140. The Kier molecular flexibility index (Phi) is 8.47. The van der Waals surface area contributed by atoms with E-state index in [4.69, 9.17) is 10.8 Å². The molecule has 0 aliphatic rings. The fourth-order valence-corrected chi connectivity index (χ4v) is 2.19. The molecule has 1 aromatic rings. The number of rotatable bonds is 6. The second-order valence-corrected chi connectivity index (χ2v) is 5.19. The molecule has 2 atom stereocenters. The molecule has 19 heavy (non-hydrogen) atoms. The van der Waals surface area contributed by atoms with E-state index >= 15 is 0 Å². The third kappa shape index (κ3) is 6.61. The Hall–Kier alpha value is -1.04. The maximum Gasteiger partial charge on any atom is 0.307 e. The van der Waals surface area contributed by atoms with Crippen LogP contribution >= 0.6 is 24.2 Å². The van der Waals surface area contributed by atoms with E-state index in [9.17, 15) is 9.59 Å². The van der Waals surface area contributed by atoms with E-state index in [1.54, 1.807) is 6.92 Å². The number of carboxylic acid groups (broad SMARTS) is 1. The van der Waals surface area contributed by atoms with Gasteiger partial charge in [-0.3, -0.25) is 9.59 Å². The van der Waals surface area contributed by atoms with Gasteiger partial charge in [0.25, 0.3) is 0 Å². The van der Waals surface area contributed by atoms with E-state index in [1.807, 2.05) is 30.3 Å². The molecule has 6 heteroatoms. The molecular formula is C13H18ClNO3S. The van der Waals surface area contributed by atoms with Crippen molar-refractivity contribution < 1.29 is 14.7 Å². The van der Waals surface area contributed by atoms with Crippen LogP contribution in [0.2, 0.25) is 0 Å². The van der Waals surface area contributed by atoms with Gasteiger partial charge in [0.05, 0.1) is 12.0 Å². The summed E-state index contributed by atoms with van der Waals surface area (Å²) in [6.07, 6.45) is 0.480. The first-order valence-electron chi connectivity index (χ1n) is 5.69. The van der Waals surface area contributed by atoms with Crippen molar-refractivity contribution in [2.24, 2.45) is 11.7 Å². The highest BCUT2D eigenvalue weighted by Gasteiger charge is 2.18. The fourth-order valence-electron chi connectivity index (χ4n) is 1.34. The van der Waals surface area contributed by atoms with Crippen LogP contribution in [0.1, 0.15) is 12.5 Å². The monoisotopic (exact) mass is 303 g/mol. The summed E-state index contributed by atoms with van der Waals surface area (Å²) in [4.78, 5) is 22.3. The van der Waals surface area contributed by atoms with Crippen LogP contribution in [-0.2, 0) is 16.0 Å². The van der Waals surface area contributed by atoms with Crippen LogP contribution in [0.15, 0.2) is 30.3 Å². The molecule has 0 saturated carbocycles. The number of thioether (sulfide) groups is 1. The number of aliphatic carboxylic acids is 1. The van der Waals surface area contributed by atoms with Crippen LogP contribution < -0.4 is 5.73 Å². The third-order valence-electron chi connectivity index (χ3n) is 2.50. The molecule has 3 N–H and O–H groups in total. The van der Waals surface area contributed by atoms with Gasteiger partial charge in [-0.25, -0.2) is 0 Å². The first-order chi connectivity index (χ1) is 8.50. The first-order valence-corrected chi connectivity index (χ1v) is 6.68. The summed E-state index contributed by atoms with van der Waals surface area (Å²) < 4.78 is 0. The van der Waals surface area contributed by atoms with E-state index < -0.39 is 17.9 Å². The standard InChI is InChI=1S/C13H17NO3S.ClH/c1-9(12(15)16)8-18-13(17)11(14)7-10-5-3-2-4-6-10;/h2-6,9,11H,7-8,14H2,1H3,(H,15,16);1H. The van der Waals surface area contributed by atoms with Crippen LogP contribution in [0.4, 0.5) is 0 Å². The van der Waals surface area contributed by atoms with Gasteiger partial charge in [-0.1, -0.05) is 49.0 Å². The van der Waals surface area contributed by atoms with Crippen molar-refractivity contribution in [3.8, 4) is 0 Å². The number of halogens is 1. The summed E-state index contributed by atoms with van der Waals surface area (Å²) in [6.45, 7) is 1.57. The predicted octanol–water partition coefficient (Wildman–Crippen LogP) is 1.96. The van der Waals surface area contributed by atoms with Gasteiger partial charge in [-0.2, -0.15) is 0 Å². The highest BCUT2D eigenvalue weighted by atomic mass is 35.5. The Balaban J connectivity index is 0.00000324. The summed E-state index contributed by atoms with van der Waals surface area (Å²) in [7, 11) is 0. The van der Waals surface area contributed by atoms with Gasteiger partial charge < -0.3 is 10.8 Å². The summed E-state index contributed by atoms with van der Waals surface area (Å²) >= 11 is 0.995. The van der Waals surface area contributed by atoms with E-state index in [0.717, 1.165) is 17.3 Å². The number of nitrogens with two attached hydrogens (primary N) is 1. The van der Waals surface area contributed by atoms with Crippen molar-refractivity contribution >= 4 is 35.3 Å². The molecule has 0 saturated heterocycles. The number of carbonyl (C=O) groups is 2. The SMILES string of the molecule is CC(CSC(=O)C(N)Cc1ccccc1)C(=O)O.Cl. The Morgan fingerprint density at radius 3 is 2.42 bits per heavy atom. The van der Waals surface area contributed by atoms with Crippen LogP contribution in [-0.4, -0.2) is 28.0 Å². The van der Waals surface area contributed by atoms with E-state index in [1.165, 1.54) is 0 Å². The van der Waals surface area contributed by atoms with Crippen LogP contribution in [0.25, 0.3) is 0 Å². The zero-order valence-electron chi connectivity index (χ0n) is 10.6. The highest BCUT2D eigenvalue weighted by molar-refractivity contribution is 8.13. The maximum atomic E-state index is 11.7. The molecule has 106 valence electrons. The molecule has 1 rings (SSSR count). The molecule has 0 spiro atoms. The van der Waals surface area contributed by atoms with Crippen molar-refractivity contribution in [1.82, 2.24) is 0 Å². The van der Waals surface area contributed by atoms with E-state index in [-0.39, 0.29) is 23.3 Å². The van der Waals surface area contributed by atoms with Gasteiger partial charge >= 0.3 is 5.97 Å². The lowest BCUT2D eigenvalue weighted by atomic mass is 10.1. The topological polar surface area (TPSA) is 80.4 Å². The largest absolute Gasteiger partial charge is 0.481 e. The molecular weight excluding hydrogens is 286 g/mol. The Bertz CT molecular complexity index is 414. The van der Waals surface area contributed by atoms with Gasteiger partial charge in [-0.05, 0) is 12.0 Å². The molecule has 4 nitrogen and oxygen atoms in total. The molecule has 0 amide bonds. The molecule has 0 heterocycles. The molecule has 0 radical (unpaired) electrons.